The lowest BCUT2D eigenvalue weighted by Gasteiger charge is -2.29. The Morgan fingerprint density at radius 3 is 2.27 bits per heavy atom. The molecule has 1 N–H and O–H groups in total. The number of fused-ring (bicyclic) bond motifs is 1. The Kier molecular flexibility index (Phi) is 6.39. The molecule has 2 aromatic carbocycles. The molecule has 0 aliphatic carbocycles. The molecule has 4 rings (SSSR count). The third kappa shape index (κ3) is 4.99. The predicted octanol–water partition coefficient (Wildman–Crippen LogP) is 1.37. The molecule has 2 aliphatic rings. The quantitative estimate of drug-likeness (QED) is 0.644. The monoisotopic (exact) mass is 494 g/mol. The van der Waals surface area contributed by atoms with Gasteiger partial charge in [-0.25, -0.2) is 21.6 Å². The highest BCUT2D eigenvalue weighted by Crippen LogP contribution is 2.33. The largest absolute Gasteiger partial charge is 0.493 e. The van der Waals surface area contributed by atoms with Crippen LogP contribution in [0.15, 0.2) is 41.3 Å². The van der Waals surface area contributed by atoms with Crippen LogP contribution in [-0.2, 0) is 32.8 Å². The molecule has 0 bridgehead atoms. The first-order valence-electron chi connectivity index (χ1n) is 10.5. The molecule has 1 saturated heterocycles. The number of nitrogens with zero attached hydrogens (tertiary/aromatic N) is 1. The van der Waals surface area contributed by atoms with Crippen LogP contribution in [0.5, 0.6) is 11.5 Å². The van der Waals surface area contributed by atoms with Crippen LogP contribution in [0.4, 0.5) is 0 Å². The summed E-state index contributed by atoms with van der Waals surface area (Å²) in [6.45, 7) is 0.936. The van der Waals surface area contributed by atoms with Crippen LogP contribution in [0.3, 0.4) is 0 Å². The van der Waals surface area contributed by atoms with Gasteiger partial charge in [-0.2, -0.15) is 0 Å². The molecule has 1 fully saturated rings. The van der Waals surface area contributed by atoms with Crippen LogP contribution in [0.2, 0.25) is 0 Å². The Morgan fingerprint density at radius 1 is 1.06 bits per heavy atom. The zero-order valence-electron chi connectivity index (χ0n) is 18.4. The van der Waals surface area contributed by atoms with Gasteiger partial charge >= 0.3 is 0 Å². The molecule has 2 aromatic rings. The van der Waals surface area contributed by atoms with Gasteiger partial charge in [-0.1, -0.05) is 0 Å². The summed E-state index contributed by atoms with van der Waals surface area (Å²) in [6.07, 6.45) is 0.924. The van der Waals surface area contributed by atoms with Gasteiger partial charge in [0, 0.05) is 24.7 Å². The molecule has 178 valence electrons. The van der Waals surface area contributed by atoms with Gasteiger partial charge in [0.25, 0.3) is 5.91 Å². The highest BCUT2D eigenvalue weighted by atomic mass is 32.2. The first-order chi connectivity index (χ1) is 15.6. The smallest absolute Gasteiger partial charge is 0.254 e. The maximum Gasteiger partial charge on any atom is 0.254 e. The third-order valence-corrected chi connectivity index (χ3v) is 9.28. The van der Waals surface area contributed by atoms with Crippen molar-refractivity contribution in [2.24, 2.45) is 0 Å². The number of hydrogen-bond donors (Lipinski definition) is 1. The number of amides is 1. The second-order valence-corrected chi connectivity index (χ2v) is 12.1. The first kappa shape index (κ1) is 23.5. The number of carbonyl (C=O) groups excluding carboxylic acids is 1. The van der Waals surface area contributed by atoms with Crippen LogP contribution in [0, 0.1) is 0 Å². The Bertz CT molecular complexity index is 1270. The van der Waals surface area contributed by atoms with E-state index in [4.69, 9.17) is 9.47 Å². The van der Waals surface area contributed by atoms with E-state index in [0.29, 0.717) is 36.6 Å². The zero-order valence-corrected chi connectivity index (χ0v) is 20.0. The lowest BCUT2D eigenvalue weighted by Crippen LogP contribution is -2.36. The van der Waals surface area contributed by atoms with Crippen molar-refractivity contribution in [2.45, 2.75) is 30.3 Å². The number of ether oxygens (including phenoxy) is 2. The molecule has 1 amide bonds. The Morgan fingerprint density at radius 2 is 1.70 bits per heavy atom. The van der Waals surface area contributed by atoms with Crippen molar-refractivity contribution in [1.82, 2.24) is 9.62 Å². The van der Waals surface area contributed by atoms with Gasteiger partial charge in [-0.15, -0.1) is 0 Å². The van der Waals surface area contributed by atoms with E-state index in [-0.39, 0.29) is 28.7 Å². The fourth-order valence-electron chi connectivity index (χ4n) is 4.19. The maximum absolute atomic E-state index is 13.0. The second kappa shape index (κ2) is 8.96. The van der Waals surface area contributed by atoms with E-state index < -0.39 is 25.9 Å². The summed E-state index contributed by atoms with van der Waals surface area (Å²) < 4.78 is 61.5. The van der Waals surface area contributed by atoms with Crippen molar-refractivity contribution in [2.75, 3.05) is 32.3 Å². The molecule has 0 saturated carbocycles. The van der Waals surface area contributed by atoms with Gasteiger partial charge in [-0.3, -0.25) is 4.79 Å². The van der Waals surface area contributed by atoms with Gasteiger partial charge in [0.2, 0.25) is 10.0 Å². The molecule has 1 atom stereocenters. The molecule has 0 spiro atoms. The summed E-state index contributed by atoms with van der Waals surface area (Å²) in [7, 11) is -3.94. The predicted molar refractivity (Wildman–Crippen MR) is 122 cm³/mol. The van der Waals surface area contributed by atoms with Gasteiger partial charge in [0.1, 0.15) is 0 Å². The standard InChI is InChI=1S/C22H26N2O7S2/c1-30-20-11-16-7-9-24(13-17(16)12-21(20)31-2)22(25)15-3-5-19(6-4-15)33(28,29)23-18-8-10-32(26,27)14-18/h3-6,11-12,18,23H,7-10,13-14H2,1-2H3/t18-/m1/s1. The van der Waals surface area contributed by atoms with Crippen LogP contribution in [-0.4, -0.2) is 66.0 Å². The van der Waals surface area contributed by atoms with Crippen molar-refractivity contribution in [1.29, 1.82) is 0 Å². The lowest BCUT2D eigenvalue weighted by molar-refractivity contribution is 0.0734. The molecule has 33 heavy (non-hydrogen) atoms. The summed E-state index contributed by atoms with van der Waals surface area (Å²) in [6, 6.07) is 8.86. The number of sulfonamides is 1. The normalized spacial score (nSPS) is 19.7. The van der Waals surface area contributed by atoms with E-state index in [9.17, 15) is 21.6 Å². The zero-order chi connectivity index (χ0) is 23.8. The molecule has 0 unspecified atom stereocenters. The number of nitrogens with one attached hydrogen (secondary N) is 1. The number of rotatable bonds is 6. The average Bonchev–Trinajstić information content (AvgIpc) is 3.14. The number of carbonyl (C=O) groups is 1. The molecular weight excluding hydrogens is 468 g/mol. The number of sulfone groups is 1. The molecule has 11 heteroatoms. The Labute approximate surface area is 193 Å². The van der Waals surface area contributed by atoms with Crippen molar-refractivity contribution in [3.8, 4) is 11.5 Å². The summed E-state index contributed by atoms with van der Waals surface area (Å²) in [4.78, 5) is 14.7. The fourth-order valence-corrected chi connectivity index (χ4v) is 7.24. The topological polar surface area (TPSA) is 119 Å². The molecule has 2 aliphatic heterocycles. The summed E-state index contributed by atoms with van der Waals surface area (Å²) >= 11 is 0. The minimum absolute atomic E-state index is 0.0100. The van der Waals surface area contributed by atoms with Gasteiger partial charge in [0.05, 0.1) is 30.6 Å². The minimum Gasteiger partial charge on any atom is -0.493 e. The van der Waals surface area contributed by atoms with Crippen LogP contribution in [0.25, 0.3) is 0 Å². The van der Waals surface area contributed by atoms with E-state index >= 15 is 0 Å². The van der Waals surface area contributed by atoms with E-state index in [1.165, 1.54) is 24.3 Å². The average molecular weight is 495 g/mol. The van der Waals surface area contributed by atoms with Crippen LogP contribution >= 0.6 is 0 Å². The van der Waals surface area contributed by atoms with Crippen molar-refractivity contribution < 1.29 is 31.1 Å². The molecule has 0 radical (unpaired) electrons. The highest BCUT2D eigenvalue weighted by Gasteiger charge is 2.31. The van der Waals surface area contributed by atoms with Gasteiger partial charge in [0.15, 0.2) is 21.3 Å². The summed E-state index contributed by atoms with van der Waals surface area (Å²) in [5.74, 6) is 0.828. The maximum atomic E-state index is 13.0. The highest BCUT2D eigenvalue weighted by molar-refractivity contribution is 7.92. The minimum atomic E-state index is -3.88. The van der Waals surface area contributed by atoms with E-state index in [1.54, 1.807) is 19.1 Å². The van der Waals surface area contributed by atoms with Crippen molar-refractivity contribution >= 4 is 25.8 Å². The third-order valence-electron chi connectivity index (χ3n) is 5.97. The lowest BCUT2D eigenvalue weighted by atomic mass is 9.98. The Hall–Kier alpha value is -2.63. The first-order valence-corrected chi connectivity index (χ1v) is 13.8. The molecular formula is C22H26N2O7S2. The number of methoxy groups -OCH3 is 2. The number of hydrogen-bond acceptors (Lipinski definition) is 7. The van der Waals surface area contributed by atoms with Crippen molar-refractivity contribution in [3.63, 3.8) is 0 Å². The van der Waals surface area contributed by atoms with Gasteiger partial charge < -0.3 is 14.4 Å². The van der Waals surface area contributed by atoms with E-state index in [2.05, 4.69) is 4.72 Å². The summed E-state index contributed by atoms with van der Waals surface area (Å²) in [5.41, 5.74) is 2.45. The van der Waals surface area contributed by atoms with Crippen molar-refractivity contribution in [3.05, 3.63) is 53.1 Å². The molecule has 0 aromatic heterocycles. The van der Waals surface area contributed by atoms with E-state index in [0.717, 1.165) is 11.1 Å². The second-order valence-electron chi connectivity index (χ2n) is 8.20. The van der Waals surface area contributed by atoms with Gasteiger partial charge in [-0.05, 0) is 60.4 Å². The Balaban J connectivity index is 1.47. The van der Waals surface area contributed by atoms with E-state index in [1.807, 2.05) is 12.1 Å². The molecule has 2 heterocycles. The fraction of sp³-hybridized carbons (Fsp3) is 0.409. The SMILES string of the molecule is COc1cc2c(cc1OC)CN(C(=O)c1ccc(S(=O)(=O)N[C@@H]3CCS(=O)(=O)C3)cc1)CC2. The molecule has 9 nitrogen and oxygen atoms in total. The summed E-state index contributed by atoms with van der Waals surface area (Å²) in [5, 5.41) is 0. The number of benzene rings is 2. The van der Waals surface area contributed by atoms with Crippen LogP contribution < -0.4 is 14.2 Å². The van der Waals surface area contributed by atoms with Crippen LogP contribution in [0.1, 0.15) is 27.9 Å².